The van der Waals surface area contributed by atoms with Crippen molar-refractivity contribution in [3.63, 3.8) is 0 Å². The molecule has 2 nitrogen and oxygen atoms in total. The molecule has 3 aromatic rings. The van der Waals surface area contributed by atoms with E-state index in [-0.39, 0.29) is 11.3 Å². The average molecular weight is 371 g/mol. The van der Waals surface area contributed by atoms with Crippen LogP contribution in [0, 0.1) is 11.6 Å². The number of hydrogen-bond donors (Lipinski definition) is 0. The summed E-state index contributed by atoms with van der Waals surface area (Å²) in [5, 5.41) is 0.493. The van der Waals surface area contributed by atoms with Crippen LogP contribution in [0.4, 0.5) is 8.78 Å². The van der Waals surface area contributed by atoms with Crippen LogP contribution >= 0.6 is 11.6 Å². The van der Waals surface area contributed by atoms with Gasteiger partial charge in [-0.25, -0.2) is 8.78 Å². The lowest BCUT2D eigenvalue weighted by atomic mass is 9.99. The van der Waals surface area contributed by atoms with Crippen molar-refractivity contribution in [3.05, 3.63) is 87.7 Å². The second-order valence-corrected chi connectivity index (χ2v) is 7.15. The van der Waals surface area contributed by atoms with Crippen molar-refractivity contribution in [3.8, 4) is 5.69 Å². The molecule has 1 aromatic heterocycles. The van der Waals surface area contributed by atoms with Crippen LogP contribution in [0.1, 0.15) is 42.1 Å². The molecular formula is C21H17ClF2N2. The zero-order chi connectivity index (χ0) is 18.4. The van der Waals surface area contributed by atoms with Crippen LogP contribution in [0.5, 0.6) is 0 Å². The topological polar surface area (TPSA) is 17.3 Å². The molecule has 0 spiro atoms. The van der Waals surface area contributed by atoms with Gasteiger partial charge in [0, 0.05) is 22.5 Å². The average Bonchev–Trinajstić information content (AvgIpc) is 2.96. The van der Waals surface area contributed by atoms with Crippen LogP contribution < -0.4 is 0 Å². The van der Waals surface area contributed by atoms with Crippen LogP contribution in [-0.2, 0) is 6.54 Å². The van der Waals surface area contributed by atoms with Gasteiger partial charge in [0.05, 0.1) is 23.5 Å². The molecule has 0 saturated heterocycles. The number of aromatic nitrogens is 1. The molecule has 4 rings (SSSR count). The first-order valence-corrected chi connectivity index (χ1v) is 8.84. The number of benzene rings is 2. The molecule has 0 N–H and O–H groups in total. The smallest absolute Gasteiger partial charge is 0.135 e. The molecule has 0 radical (unpaired) electrons. The van der Waals surface area contributed by atoms with Gasteiger partial charge >= 0.3 is 0 Å². The van der Waals surface area contributed by atoms with E-state index < -0.39 is 11.6 Å². The molecule has 0 fully saturated rings. The number of hydrogen-bond acceptors (Lipinski definition) is 1. The van der Waals surface area contributed by atoms with E-state index in [1.54, 1.807) is 12.1 Å². The maximum Gasteiger partial charge on any atom is 0.135 e. The largest absolute Gasteiger partial charge is 0.318 e. The van der Waals surface area contributed by atoms with Gasteiger partial charge in [0.25, 0.3) is 0 Å². The first-order chi connectivity index (χ1) is 12.5. The van der Waals surface area contributed by atoms with Gasteiger partial charge in [-0.15, -0.1) is 0 Å². The van der Waals surface area contributed by atoms with Gasteiger partial charge in [0.1, 0.15) is 11.6 Å². The van der Waals surface area contributed by atoms with Gasteiger partial charge in [0.2, 0.25) is 0 Å². The summed E-state index contributed by atoms with van der Waals surface area (Å²) < 4.78 is 30.9. The molecule has 2 aromatic carbocycles. The third-order valence-corrected chi connectivity index (χ3v) is 4.89. The quantitative estimate of drug-likeness (QED) is 0.535. The maximum absolute atomic E-state index is 14.4. The van der Waals surface area contributed by atoms with Crippen LogP contribution in [0.15, 0.2) is 53.7 Å². The van der Waals surface area contributed by atoms with Gasteiger partial charge in [-0.1, -0.05) is 31.5 Å². The first kappa shape index (κ1) is 17.0. The monoisotopic (exact) mass is 370 g/mol. The van der Waals surface area contributed by atoms with Crippen molar-refractivity contribution >= 4 is 17.3 Å². The van der Waals surface area contributed by atoms with E-state index in [4.69, 9.17) is 11.6 Å². The van der Waals surface area contributed by atoms with E-state index in [1.807, 2.05) is 10.6 Å². The molecule has 0 saturated carbocycles. The van der Waals surface area contributed by atoms with Crippen molar-refractivity contribution in [2.75, 3.05) is 0 Å². The second-order valence-electron chi connectivity index (χ2n) is 6.71. The minimum atomic E-state index is -0.635. The minimum Gasteiger partial charge on any atom is -0.318 e. The second kappa shape index (κ2) is 6.36. The Balaban J connectivity index is 1.99. The molecule has 2 heterocycles. The third-order valence-electron chi connectivity index (χ3n) is 4.66. The highest BCUT2D eigenvalue weighted by Crippen LogP contribution is 2.31. The zero-order valence-electron chi connectivity index (χ0n) is 14.4. The summed E-state index contributed by atoms with van der Waals surface area (Å²) in [6.07, 6.45) is 2.06. The molecule has 132 valence electrons. The van der Waals surface area contributed by atoms with Gasteiger partial charge in [-0.05, 0) is 47.9 Å². The standard InChI is InChI=1S/C21H17ClF2N2/c1-12(2)13-8-15-10-25-21(20-17(23)4-3-5-18(20)24)16-9-14(22)6-7-19(16)26(15)11-13/h3-9,11-12H,10H2,1-2H3. The number of aliphatic imine (C=N–C) groups is 1. The normalized spacial score (nSPS) is 13.2. The number of fused-ring (bicyclic) bond motifs is 3. The van der Waals surface area contributed by atoms with E-state index in [1.165, 1.54) is 23.8 Å². The minimum absolute atomic E-state index is 0.120. The Kier molecular flexibility index (Phi) is 4.16. The Morgan fingerprint density at radius 1 is 1.08 bits per heavy atom. The van der Waals surface area contributed by atoms with Crippen LogP contribution in [0.25, 0.3) is 5.69 Å². The van der Waals surface area contributed by atoms with Crippen molar-refractivity contribution < 1.29 is 8.78 Å². The summed E-state index contributed by atoms with van der Waals surface area (Å²) in [5.41, 5.74) is 3.76. The highest BCUT2D eigenvalue weighted by molar-refractivity contribution is 6.31. The molecule has 5 heteroatoms. The fraction of sp³-hybridized carbons (Fsp3) is 0.190. The van der Waals surface area contributed by atoms with Crippen LogP contribution in [-0.4, -0.2) is 10.3 Å². The Bertz CT molecular complexity index is 1010. The highest BCUT2D eigenvalue weighted by Gasteiger charge is 2.24. The molecule has 0 atom stereocenters. The molecule has 0 bridgehead atoms. The van der Waals surface area contributed by atoms with E-state index in [0.29, 0.717) is 23.0 Å². The van der Waals surface area contributed by atoms with Crippen molar-refractivity contribution in [2.24, 2.45) is 4.99 Å². The predicted octanol–water partition coefficient (Wildman–Crippen LogP) is 5.88. The molecule has 0 unspecified atom stereocenters. The van der Waals surface area contributed by atoms with Gasteiger partial charge in [-0.3, -0.25) is 4.99 Å². The van der Waals surface area contributed by atoms with E-state index >= 15 is 0 Å². The summed E-state index contributed by atoms with van der Waals surface area (Å²) in [5.74, 6) is -0.897. The lowest BCUT2D eigenvalue weighted by Gasteiger charge is -2.14. The summed E-state index contributed by atoms with van der Waals surface area (Å²) in [7, 11) is 0. The Morgan fingerprint density at radius 2 is 1.81 bits per heavy atom. The third kappa shape index (κ3) is 2.74. The molecule has 26 heavy (non-hydrogen) atoms. The predicted molar refractivity (Wildman–Crippen MR) is 101 cm³/mol. The van der Waals surface area contributed by atoms with Crippen LogP contribution in [0.3, 0.4) is 0 Å². The van der Waals surface area contributed by atoms with Crippen LogP contribution in [0.2, 0.25) is 5.02 Å². The molecule has 0 amide bonds. The summed E-state index contributed by atoms with van der Waals surface area (Å²) in [6, 6.07) is 11.3. The Morgan fingerprint density at radius 3 is 2.50 bits per heavy atom. The maximum atomic E-state index is 14.4. The summed E-state index contributed by atoms with van der Waals surface area (Å²) >= 11 is 6.19. The fourth-order valence-electron chi connectivity index (χ4n) is 3.28. The molecule has 0 aliphatic carbocycles. The fourth-order valence-corrected chi connectivity index (χ4v) is 3.46. The Labute approximate surface area is 155 Å². The molecule has 1 aliphatic rings. The van der Waals surface area contributed by atoms with Crippen molar-refractivity contribution in [2.45, 2.75) is 26.3 Å². The number of rotatable bonds is 2. The molecule has 1 aliphatic heterocycles. The summed E-state index contributed by atoms with van der Waals surface area (Å²) in [4.78, 5) is 4.57. The molecular weight excluding hydrogens is 354 g/mol. The number of nitrogens with zero attached hydrogens (tertiary/aromatic N) is 2. The van der Waals surface area contributed by atoms with E-state index in [2.05, 4.69) is 31.1 Å². The van der Waals surface area contributed by atoms with Gasteiger partial charge in [0.15, 0.2) is 0 Å². The van der Waals surface area contributed by atoms with Crippen molar-refractivity contribution in [1.82, 2.24) is 4.57 Å². The lowest BCUT2D eigenvalue weighted by molar-refractivity contribution is 0.579. The van der Waals surface area contributed by atoms with E-state index in [9.17, 15) is 8.78 Å². The summed E-state index contributed by atoms with van der Waals surface area (Å²) in [6.45, 7) is 4.59. The Hall–Kier alpha value is -2.46. The first-order valence-electron chi connectivity index (χ1n) is 8.46. The zero-order valence-corrected chi connectivity index (χ0v) is 15.2. The SMILES string of the molecule is CC(C)c1cc2n(c1)-c1ccc(Cl)cc1C(c1c(F)cccc1F)=NC2. The van der Waals surface area contributed by atoms with Crippen molar-refractivity contribution in [1.29, 1.82) is 0 Å². The highest BCUT2D eigenvalue weighted by atomic mass is 35.5. The van der Waals surface area contributed by atoms with Gasteiger partial charge in [-0.2, -0.15) is 0 Å². The van der Waals surface area contributed by atoms with Gasteiger partial charge < -0.3 is 4.57 Å². The lowest BCUT2D eigenvalue weighted by Crippen LogP contribution is -2.11. The van der Waals surface area contributed by atoms with E-state index in [0.717, 1.165) is 11.4 Å². The number of halogens is 3.